The minimum atomic E-state index is -0.886. The smallest absolute Gasteiger partial charge is 0.313 e. The van der Waals surface area contributed by atoms with Gasteiger partial charge in [0.15, 0.2) is 0 Å². The highest BCUT2D eigenvalue weighted by atomic mass is 35.5. The fourth-order valence-electron chi connectivity index (χ4n) is 2.11. The molecule has 1 heterocycles. The maximum absolute atomic E-state index is 11.9. The summed E-state index contributed by atoms with van der Waals surface area (Å²) in [5, 5.41) is 1.25. The Morgan fingerprint density at radius 3 is 2.62 bits per heavy atom. The molecule has 2 N–H and O–H groups in total. The zero-order valence-corrected chi connectivity index (χ0v) is 13.7. The lowest BCUT2D eigenvalue weighted by molar-refractivity contribution is -0.152. The Morgan fingerprint density at radius 2 is 2.00 bits per heavy atom. The Bertz CT molecular complexity index is 659. The van der Waals surface area contributed by atoms with E-state index in [-0.39, 0.29) is 18.4 Å². The van der Waals surface area contributed by atoms with Crippen LogP contribution in [0.25, 0.3) is 10.9 Å². The first-order valence-electron chi connectivity index (χ1n) is 6.27. The van der Waals surface area contributed by atoms with Crippen molar-refractivity contribution in [1.29, 1.82) is 0 Å². The van der Waals surface area contributed by atoms with Gasteiger partial charge in [-0.25, -0.2) is 4.98 Å². The van der Waals surface area contributed by atoms with E-state index < -0.39 is 11.5 Å². The third-order valence-electron chi connectivity index (χ3n) is 3.53. The number of pyridine rings is 1. The summed E-state index contributed by atoms with van der Waals surface area (Å²) in [5.41, 5.74) is 6.76. The van der Waals surface area contributed by atoms with Gasteiger partial charge in [0.25, 0.3) is 0 Å². The number of carbonyl (C=O) groups is 1. The van der Waals surface area contributed by atoms with Crippen molar-refractivity contribution in [2.45, 2.75) is 19.9 Å². The van der Waals surface area contributed by atoms with Crippen LogP contribution in [0.15, 0.2) is 30.3 Å². The first-order chi connectivity index (χ1) is 9.37. The number of methoxy groups -OCH3 is 1. The van der Waals surface area contributed by atoms with Gasteiger partial charge in [-0.05, 0) is 26.0 Å². The molecule has 2 aromatic rings. The van der Waals surface area contributed by atoms with Crippen LogP contribution >= 0.6 is 24.0 Å². The molecule has 4 nitrogen and oxygen atoms in total. The fraction of sp³-hybridized carbons (Fsp3) is 0.333. The van der Waals surface area contributed by atoms with Gasteiger partial charge in [-0.1, -0.05) is 29.8 Å². The molecule has 21 heavy (non-hydrogen) atoms. The van der Waals surface area contributed by atoms with Gasteiger partial charge < -0.3 is 10.5 Å². The Hall–Kier alpha value is -1.36. The van der Waals surface area contributed by atoms with E-state index in [1.165, 1.54) is 7.11 Å². The molecule has 0 aliphatic rings. The van der Waals surface area contributed by atoms with E-state index in [9.17, 15) is 4.79 Å². The first-order valence-corrected chi connectivity index (χ1v) is 6.65. The molecule has 0 bridgehead atoms. The molecule has 2 rings (SSSR count). The van der Waals surface area contributed by atoms with E-state index in [1.807, 2.05) is 30.3 Å². The van der Waals surface area contributed by atoms with Crippen LogP contribution in [0.4, 0.5) is 0 Å². The number of nitrogens with zero attached hydrogens (tertiary/aromatic N) is 1. The Labute approximate surface area is 135 Å². The van der Waals surface area contributed by atoms with Crippen LogP contribution in [0.2, 0.25) is 5.15 Å². The number of benzene rings is 1. The van der Waals surface area contributed by atoms with Gasteiger partial charge in [0.2, 0.25) is 0 Å². The number of carbonyl (C=O) groups excluding carboxylic acids is 1. The van der Waals surface area contributed by atoms with Gasteiger partial charge in [0.05, 0.1) is 18.0 Å². The second-order valence-corrected chi connectivity index (χ2v) is 5.61. The standard InChI is InChI=1S/C15H17ClN2O2.ClH/c1-15(2,14(19)20-3)12(17)10-8-9-6-4-5-7-11(9)18-13(10)16;/h4-8,12H,17H2,1-3H3;1H/t12-;/m0./s1. The number of aromatic nitrogens is 1. The van der Waals surface area contributed by atoms with Crippen molar-refractivity contribution in [1.82, 2.24) is 4.98 Å². The van der Waals surface area contributed by atoms with Crippen molar-refractivity contribution in [2.24, 2.45) is 11.1 Å². The van der Waals surface area contributed by atoms with Crippen LogP contribution in [0.3, 0.4) is 0 Å². The minimum Gasteiger partial charge on any atom is -0.469 e. The predicted molar refractivity (Wildman–Crippen MR) is 86.7 cm³/mol. The van der Waals surface area contributed by atoms with Crippen molar-refractivity contribution in [2.75, 3.05) is 7.11 Å². The molecule has 0 spiro atoms. The number of ether oxygens (including phenoxy) is 1. The van der Waals surface area contributed by atoms with Crippen LogP contribution in [0.5, 0.6) is 0 Å². The van der Waals surface area contributed by atoms with E-state index in [0.717, 1.165) is 10.9 Å². The maximum Gasteiger partial charge on any atom is 0.313 e. The summed E-state index contributed by atoms with van der Waals surface area (Å²) in [6, 6.07) is 8.89. The van der Waals surface area contributed by atoms with Crippen molar-refractivity contribution in [3.05, 3.63) is 41.0 Å². The van der Waals surface area contributed by atoms with E-state index >= 15 is 0 Å². The molecule has 0 unspecified atom stereocenters. The van der Waals surface area contributed by atoms with Crippen LogP contribution in [0, 0.1) is 5.41 Å². The predicted octanol–water partition coefficient (Wildman–Crippen LogP) is 3.51. The molecule has 1 aromatic carbocycles. The number of para-hydroxylation sites is 1. The summed E-state index contributed by atoms with van der Waals surface area (Å²) >= 11 is 6.21. The summed E-state index contributed by atoms with van der Waals surface area (Å²) in [6.45, 7) is 3.46. The molecular formula is C15H18Cl2N2O2. The minimum absolute atomic E-state index is 0. The molecule has 0 radical (unpaired) electrons. The third kappa shape index (κ3) is 3.28. The van der Waals surface area contributed by atoms with Gasteiger partial charge >= 0.3 is 5.97 Å². The van der Waals surface area contributed by atoms with Gasteiger partial charge in [0.1, 0.15) is 5.15 Å². The molecule has 0 fully saturated rings. The quantitative estimate of drug-likeness (QED) is 0.691. The van der Waals surface area contributed by atoms with Crippen molar-refractivity contribution in [3.8, 4) is 0 Å². The summed E-state index contributed by atoms with van der Waals surface area (Å²) < 4.78 is 4.80. The number of hydrogen-bond donors (Lipinski definition) is 1. The lowest BCUT2D eigenvalue weighted by atomic mass is 9.81. The summed E-state index contributed by atoms with van der Waals surface area (Å²) in [4.78, 5) is 16.2. The fourth-order valence-corrected chi connectivity index (χ4v) is 2.37. The SMILES string of the molecule is COC(=O)C(C)(C)[C@@H](N)c1cc2ccccc2nc1Cl.Cl. The van der Waals surface area contributed by atoms with E-state index in [1.54, 1.807) is 13.8 Å². The number of esters is 1. The number of nitrogens with two attached hydrogens (primary N) is 1. The van der Waals surface area contributed by atoms with Gasteiger partial charge in [-0.2, -0.15) is 0 Å². The molecule has 0 aliphatic heterocycles. The van der Waals surface area contributed by atoms with Crippen LogP contribution in [0.1, 0.15) is 25.5 Å². The molecule has 1 aromatic heterocycles. The van der Waals surface area contributed by atoms with Crippen LogP contribution < -0.4 is 5.73 Å². The van der Waals surface area contributed by atoms with Crippen molar-refractivity contribution < 1.29 is 9.53 Å². The Morgan fingerprint density at radius 1 is 1.38 bits per heavy atom. The topological polar surface area (TPSA) is 65.2 Å². The van der Waals surface area contributed by atoms with Crippen molar-refractivity contribution >= 4 is 40.9 Å². The molecule has 1 atom stereocenters. The van der Waals surface area contributed by atoms with Crippen LogP contribution in [-0.4, -0.2) is 18.1 Å². The normalized spacial score (nSPS) is 12.6. The third-order valence-corrected chi connectivity index (χ3v) is 3.83. The molecule has 114 valence electrons. The van der Waals surface area contributed by atoms with Crippen molar-refractivity contribution in [3.63, 3.8) is 0 Å². The Kier molecular flexibility index (Phi) is 5.56. The average Bonchev–Trinajstić information content (AvgIpc) is 2.44. The van der Waals surface area contributed by atoms with Gasteiger partial charge in [0, 0.05) is 17.0 Å². The molecular weight excluding hydrogens is 311 g/mol. The van der Waals surface area contributed by atoms with E-state index in [0.29, 0.717) is 10.7 Å². The summed E-state index contributed by atoms with van der Waals surface area (Å²) in [6.07, 6.45) is 0. The molecule has 0 saturated carbocycles. The second-order valence-electron chi connectivity index (χ2n) is 5.25. The lowest BCUT2D eigenvalue weighted by Crippen LogP contribution is -2.37. The number of hydrogen-bond acceptors (Lipinski definition) is 4. The van der Waals surface area contributed by atoms with Crippen LogP contribution in [-0.2, 0) is 9.53 Å². The summed E-state index contributed by atoms with van der Waals surface area (Å²) in [7, 11) is 1.34. The number of halogens is 2. The summed E-state index contributed by atoms with van der Waals surface area (Å²) in [5.74, 6) is -0.380. The number of fused-ring (bicyclic) bond motifs is 1. The maximum atomic E-state index is 11.9. The van der Waals surface area contributed by atoms with Gasteiger partial charge in [-0.3, -0.25) is 4.79 Å². The highest BCUT2D eigenvalue weighted by molar-refractivity contribution is 6.30. The highest BCUT2D eigenvalue weighted by Gasteiger charge is 2.37. The first kappa shape index (κ1) is 17.7. The number of rotatable bonds is 3. The van der Waals surface area contributed by atoms with E-state index in [4.69, 9.17) is 22.1 Å². The van der Waals surface area contributed by atoms with E-state index in [2.05, 4.69) is 4.98 Å². The molecule has 0 aliphatic carbocycles. The molecule has 6 heteroatoms. The average molecular weight is 329 g/mol. The zero-order chi connectivity index (χ0) is 14.9. The lowest BCUT2D eigenvalue weighted by Gasteiger charge is -2.29. The highest BCUT2D eigenvalue weighted by Crippen LogP contribution is 2.36. The Balaban J connectivity index is 0.00000220. The largest absolute Gasteiger partial charge is 0.469 e. The van der Waals surface area contributed by atoms with Gasteiger partial charge in [-0.15, -0.1) is 12.4 Å². The monoisotopic (exact) mass is 328 g/mol. The molecule has 0 saturated heterocycles. The zero-order valence-electron chi connectivity index (χ0n) is 12.1. The molecule has 0 amide bonds. The second kappa shape index (κ2) is 6.60.